The van der Waals surface area contributed by atoms with Gasteiger partial charge in [0.1, 0.15) is 0 Å². The van der Waals surface area contributed by atoms with Crippen LogP contribution in [0.1, 0.15) is 5.56 Å². The van der Waals surface area contributed by atoms with Gasteiger partial charge in [-0.25, -0.2) is 0 Å². The lowest BCUT2D eigenvalue weighted by molar-refractivity contribution is 0.282. The topological polar surface area (TPSA) is 32.3 Å². The highest BCUT2D eigenvalue weighted by Gasteiger charge is 2.07. The van der Waals surface area contributed by atoms with Gasteiger partial charge >= 0.3 is 0 Å². The van der Waals surface area contributed by atoms with Crippen LogP contribution in [0, 0.1) is 0 Å². The van der Waals surface area contributed by atoms with Crippen molar-refractivity contribution in [3.63, 3.8) is 0 Å². The molecule has 0 radical (unpaired) electrons. The second-order valence-corrected chi connectivity index (χ2v) is 4.39. The minimum absolute atomic E-state index is 0.0545. The first-order valence-corrected chi connectivity index (χ1v) is 6.07. The molecule has 0 aliphatic heterocycles. The number of rotatable bonds is 2. The molecule has 3 aromatic rings. The van der Waals surface area contributed by atoms with E-state index in [0.29, 0.717) is 0 Å². The van der Waals surface area contributed by atoms with Gasteiger partial charge in [0.2, 0.25) is 0 Å². The number of nitrogens with one attached hydrogen (secondary N) is 1. The van der Waals surface area contributed by atoms with Gasteiger partial charge in [0.15, 0.2) is 0 Å². The van der Waals surface area contributed by atoms with Crippen molar-refractivity contribution in [2.75, 3.05) is 12.4 Å². The molecule has 0 atom stereocenters. The van der Waals surface area contributed by atoms with E-state index in [4.69, 9.17) is 0 Å². The van der Waals surface area contributed by atoms with Gasteiger partial charge < -0.3 is 10.4 Å². The van der Waals surface area contributed by atoms with Gasteiger partial charge in [0, 0.05) is 23.7 Å². The third-order valence-electron chi connectivity index (χ3n) is 3.43. The molecule has 0 bridgehead atoms. The van der Waals surface area contributed by atoms with Crippen molar-refractivity contribution in [3.8, 4) is 0 Å². The summed E-state index contributed by atoms with van der Waals surface area (Å²) in [5.41, 5.74) is 1.95. The summed E-state index contributed by atoms with van der Waals surface area (Å²) in [6, 6.07) is 16.7. The zero-order valence-electron chi connectivity index (χ0n) is 10.3. The fraction of sp³-hybridized carbons (Fsp3) is 0.125. The maximum absolute atomic E-state index is 9.38. The molecule has 0 fully saturated rings. The van der Waals surface area contributed by atoms with Crippen molar-refractivity contribution in [1.29, 1.82) is 0 Å². The molecule has 2 N–H and O–H groups in total. The van der Waals surface area contributed by atoms with E-state index in [0.717, 1.165) is 16.6 Å². The van der Waals surface area contributed by atoms with Crippen molar-refractivity contribution in [2.45, 2.75) is 6.61 Å². The first-order valence-electron chi connectivity index (χ1n) is 6.07. The van der Waals surface area contributed by atoms with E-state index in [2.05, 4.69) is 47.8 Å². The highest BCUT2D eigenvalue weighted by molar-refractivity contribution is 6.11. The van der Waals surface area contributed by atoms with Gasteiger partial charge in [0.25, 0.3) is 0 Å². The van der Waals surface area contributed by atoms with Gasteiger partial charge in [-0.1, -0.05) is 48.5 Å². The SMILES string of the molecule is CNc1c(CO)ccc2c1ccc1ccccc12. The quantitative estimate of drug-likeness (QED) is 0.668. The van der Waals surface area contributed by atoms with E-state index < -0.39 is 0 Å². The Bertz CT molecular complexity index is 719. The third-order valence-corrected chi connectivity index (χ3v) is 3.43. The Morgan fingerprint density at radius 2 is 1.67 bits per heavy atom. The van der Waals surface area contributed by atoms with Crippen LogP contribution in [-0.2, 0) is 6.61 Å². The Balaban J connectivity index is 2.46. The smallest absolute Gasteiger partial charge is 0.0702 e. The molecule has 0 aliphatic carbocycles. The summed E-state index contributed by atoms with van der Waals surface area (Å²) in [5, 5.41) is 17.4. The van der Waals surface area contributed by atoms with Gasteiger partial charge in [-0.2, -0.15) is 0 Å². The maximum atomic E-state index is 9.38. The summed E-state index contributed by atoms with van der Waals surface area (Å²) < 4.78 is 0. The molecule has 3 rings (SSSR count). The molecule has 0 unspecified atom stereocenters. The third kappa shape index (κ3) is 1.54. The summed E-state index contributed by atoms with van der Waals surface area (Å²) in [6.45, 7) is 0.0545. The summed E-state index contributed by atoms with van der Waals surface area (Å²) >= 11 is 0. The molecule has 0 amide bonds. The molecule has 0 saturated carbocycles. The molecule has 0 aromatic heterocycles. The second-order valence-electron chi connectivity index (χ2n) is 4.39. The van der Waals surface area contributed by atoms with Crippen molar-refractivity contribution in [3.05, 3.63) is 54.1 Å². The van der Waals surface area contributed by atoms with Crippen molar-refractivity contribution in [2.24, 2.45) is 0 Å². The summed E-state index contributed by atoms with van der Waals surface area (Å²) in [6.07, 6.45) is 0. The summed E-state index contributed by atoms with van der Waals surface area (Å²) in [7, 11) is 1.89. The molecule has 0 heterocycles. The number of anilines is 1. The van der Waals surface area contributed by atoms with Crippen LogP contribution in [0.3, 0.4) is 0 Å². The molecule has 0 spiro atoms. The lowest BCUT2D eigenvalue weighted by atomic mass is 9.98. The molecular weight excluding hydrogens is 222 g/mol. The number of aliphatic hydroxyl groups excluding tert-OH is 1. The molecule has 0 aliphatic rings. The molecule has 90 valence electrons. The monoisotopic (exact) mass is 237 g/mol. The highest BCUT2D eigenvalue weighted by atomic mass is 16.3. The largest absolute Gasteiger partial charge is 0.392 e. The van der Waals surface area contributed by atoms with E-state index in [1.165, 1.54) is 16.2 Å². The zero-order valence-corrected chi connectivity index (χ0v) is 10.3. The number of fused-ring (bicyclic) bond motifs is 3. The molecule has 3 aromatic carbocycles. The van der Waals surface area contributed by atoms with Gasteiger partial charge in [-0.05, 0) is 16.2 Å². The average Bonchev–Trinajstić information content (AvgIpc) is 2.45. The van der Waals surface area contributed by atoms with Crippen molar-refractivity contribution < 1.29 is 5.11 Å². The summed E-state index contributed by atoms with van der Waals surface area (Å²) in [5.74, 6) is 0. The Morgan fingerprint density at radius 1 is 0.889 bits per heavy atom. The van der Waals surface area contributed by atoms with Crippen molar-refractivity contribution in [1.82, 2.24) is 0 Å². The normalized spacial score (nSPS) is 11.0. The van der Waals surface area contributed by atoms with E-state index in [1.807, 2.05) is 13.1 Å². The van der Waals surface area contributed by atoms with E-state index in [9.17, 15) is 5.11 Å². The predicted octanol–water partition coefficient (Wildman–Crippen LogP) is 3.53. The van der Waals surface area contributed by atoms with Crippen LogP contribution in [-0.4, -0.2) is 12.2 Å². The maximum Gasteiger partial charge on any atom is 0.0702 e. The van der Waals surface area contributed by atoms with Gasteiger partial charge in [-0.3, -0.25) is 0 Å². The molecule has 0 saturated heterocycles. The zero-order chi connectivity index (χ0) is 12.5. The Labute approximate surface area is 106 Å². The Hall–Kier alpha value is -2.06. The minimum atomic E-state index is 0.0545. The lowest BCUT2D eigenvalue weighted by Gasteiger charge is -2.12. The number of benzene rings is 3. The first-order chi connectivity index (χ1) is 8.85. The van der Waals surface area contributed by atoms with E-state index in [1.54, 1.807) is 0 Å². The van der Waals surface area contributed by atoms with Gasteiger partial charge in [0.05, 0.1) is 6.61 Å². The number of hydrogen-bond donors (Lipinski definition) is 2. The van der Waals surface area contributed by atoms with Crippen LogP contribution in [0.2, 0.25) is 0 Å². The molecule has 2 heteroatoms. The molecule has 2 nitrogen and oxygen atoms in total. The average molecular weight is 237 g/mol. The van der Waals surface area contributed by atoms with E-state index in [-0.39, 0.29) is 6.61 Å². The Morgan fingerprint density at radius 3 is 2.44 bits per heavy atom. The molecular formula is C16H15NO. The summed E-state index contributed by atoms with van der Waals surface area (Å²) in [4.78, 5) is 0. The van der Waals surface area contributed by atoms with Crippen molar-refractivity contribution >= 4 is 27.2 Å². The molecule has 18 heavy (non-hydrogen) atoms. The fourth-order valence-electron chi connectivity index (χ4n) is 2.56. The first kappa shape index (κ1) is 11.1. The second kappa shape index (κ2) is 4.31. The lowest BCUT2D eigenvalue weighted by Crippen LogP contribution is -1.96. The number of hydrogen-bond acceptors (Lipinski definition) is 2. The van der Waals surface area contributed by atoms with Gasteiger partial charge in [-0.15, -0.1) is 0 Å². The number of aliphatic hydroxyl groups is 1. The Kier molecular flexibility index (Phi) is 2.65. The minimum Gasteiger partial charge on any atom is -0.392 e. The highest BCUT2D eigenvalue weighted by Crippen LogP contribution is 2.32. The van der Waals surface area contributed by atoms with Crippen LogP contribution in [0.5, 0.6) is 0 Å². The van der Waals surface area contributed by atoms with Crippen LogP contribution in [0.25, 0.3) is 21.5 Å². The fourth-order valence-corrected chi connectivity index (χ4v) is 2.56. The predicted molar refractivity (Wildman–Crippen MR) is 76.9 cm³/mol. The standard InChI is InChI=1S/C16H15NO/c1-17-16-12(10-18)7-8-14-13-5-3-2-4-11(13)6-9-15(14)16/h2-9,17-18H,10H2,1H3. The van der Waals surface area contributed by atoms with E-state index >= 15 is 0 Å². The van der Waals surface area contributed by atoms with Crippen LogP contribution >= 0.6 is 0 Å². The van der Waals surface area contributed by atoms with Crippen LogP contribution < -0.4 is 5.32 Å². The van der Waals surface area contributed by atoms with Crippen LogP contribution in [0.4, 0.5) is 5.69 Å². The van der Waals surface area contributed by atoms with Crippen LogP contribution in [0.15, 0.2) is 48.5 Å².